The molecule has 5 aromatic rings. The summed E-state index contributed by atoms with van der Waals surface area (Å²) in [6.45, 7) is 0.568. The maximum atomic E-state index is 12.7. The average Bonchev–Trinajstić information content (AvgIpc) is 3.27. The Balaban J connectivity index is 1.37. The molecule has 7 heteroatoms. The largest absolute Gasteiger partial charge is 0.326 e. The Kier molecular flexibility index (Phi) is 5.69. The van der Waals surface area contributed by atoms with Gasteiger partial charge in [-0.3, -0.25) is 4.79 Å². The molecule has 6 nitrogen and oxygen atoms in total. The topological polar surface area (TPSA) is 81.1 Å². The maximum Gasteiger partial charge on any atom is 0.265 e. The number of aromatic nitrogens is 2. The van der Waals surface area contributed by atoms with Crippen molar-refractivity contribution >= 4 is 27.0 Å². The highest BCUT2D eigenvalue weighted by atomic mass is 32.2. The van der Waals surface area contributed by atoms with E-state index in [0.717, 1.165) is 27.7 Å². The lowest BCUT2D eigenvalue weighted by Crippen LogP contribution is -2.30. The molecule has 0 fully saturated rings. The first-order valence-corrected chi connectivity index (χ1v) is 12.2. The van der Waals surface area contributed by atoms with E-state index in [4.69, 9.17) is 0 Å². The highest BCUT2D eigenvalue weighted by Gasteiger charge is 2.19. The molecule has 0 spiro atoms. The number of nitrogens with one attached hydrogen (secondary N) is 1. The lowest BCUT2D eigenvalue weighted by atomic mass is 10.0. The molecule has 1 aromatic heterocycles. The van der Waals surface area contributed by atoms with Crippen LogP contribution in [-0.2, 0) is 16.6 Å². The molecule has 1 N–H and O–H groups in total. The molecule has 1 amide bonds. The lowest BCUT2D eigenvalue weighted by Gasteiger charge is -2.09. The summed E-state index contributed by atoms with van der Waals surface area (Å²) in [6.07, 6.45) is 1.72. The number of nitrogens with zero attached hydrogens (tertiary/aromatic N) is 2. The van der Waals surface area contributed by atoms with Gasteiger partial charge >= 0.3 is 0 Å². The van der Waals surface area contributed by atoms with Crippen molar-refractivity contribution in [2.24, 2.45) is 0 Å². The zero-order chi connectivity index (χ0) is 23.5. The van der Waals surface area contributed by atoms with Gasteiger partial charge in [-0.1, -0.05) is 72.8 Å². The van der Waals surface area contributed by atoms with E-state index in [1.165, 1.54) is 12.1 Å². The van der Waals surface area contributed by atoms with Crippen LogP contribution in [0.3, 0.4) is 0 Å². The molecule has 168 valence electrons. The zero-order valence-corrected chi connectivity index (χ0v) is 18.9. The van der Waals surface area contributed by atoms with Crippen molar-refractivity contribution in [3.8, 4) is 11.1 Å². The molecule has 0 aliphatic heterocycles. The van der Waals surface area contributed by atoms with Crippen molar-refractivity contribution in [1.29, 1.82) is 0 Å². The monoisotopic (exact) mass is 467 g/mol. The van der Waals surface area contributed by atoms with E-state index >= 15 is 0 Å². The minimum absolute atomic E-state index is 0.0356. The van der Waals surface area contributed by atoms with E-state index in [9.17, 15) is 13.2 Å². The molecule has 34 heavy (non-hydrogen) atoms. The van der Waals surface area contributed by atoms with Crippen molar-refractivity contribution in [3.63, 3.8) is 0 Å². The fourth-order valence-electron chi connectivity index (χ4n) is 3.79. The Morgan fingerprint density at radius 1 is 0.794 bits per heavy atom. The fourth-order valence-corrected chi connectivity index (χ4v) is 4.79. The molecule has 0 aliphatic carbocycles. The summed E-state index contributed by atoms with van der Waals surface area (Å²) in [5, 5.41) is 0. The van der Waals surface area contributed by atoms with Gasteiger partial charge < -0.3 is 4.57 Å². The summed E-state index contributed by atoms with van der Waals surface area (Å²) in [7, 11) is -3.96. The van der Waals surface area contributed by atoms with E-state index in [2.05, 4.69) is 46.1 Å². The SMILES string of the molecule is O=C(NS(=O)(=O)c1ccccc1)c1ccc2ncn(Cc3ccc(-c4ccccc4)cc3)c2c1. The number of hydrogen-bond acceptors (Lipinski definition) is 4. The van der Waals surface area contributed by atoms with Gasteiger partial charge in [-0.25, -0.2) is 18.1 Å². The second-order valence-corrected chi connectivity index (χ2v) is 9.57. The van der Waals surface area contributed by atoms with Gasteiger partial charge in [0.1, 0.15) is 0 Å². The van der Waals surface area contributed by atoms with Crippen LogP contribution >= 0.6 is 0 Å². The van der Waals surface area contributed by atoms with Gasteiger partial charge in [0, 0.05) is 12.1 Å². The molecular weight excluding hydrogens is 446 g/mol. The number of fused-ring (bicyclic) bond motifs is 1. The first-order chi connectivity index (χ1) is 16.5. The van der Waals surface area contributed by atoms with Crippen LogP contribution in [0.25, 0.3) is 22.2 Å². The van der Waals surface area contributed by atoms with E-state index in [1.807, 2.05) is 22.8 Å². The second-order valence-electron chi connectivity index (χ2n) is 7.89. The molecule has 0 unspecified atom stereocenters. The summed E-state index contributed by atoms with van der Waals surface area (Å²) < 4.78 is 29.1. The number of imidazole rings is 1. The standard InChI is InChI=1S/C27H21N3O3S/c31-27(29-34(32,33)24-9-5-2-6-10-24)23-15-16-25-26(17-23)30(19-28-25)18-20-11-13-22(14-12-20)21-7-3-1-4-8-21/h1-17,19H,18H2,(H,29,31). The molecular formula is C27H21N3O3S. The van der Waals surface area contributed by atoms with Crippen LogP contribution in [0, 0.1) is 0 Å². The predicted molar refractivity (Wildman–Crippen MR) is 132 cm³/mol. The normalized spacial score (nSPS) is 11.4. The van der Waals surface area contributed by atoms with Crippen LogP contribution < -0.4 is 4.72 Å². The third-order valence-electron chi connectivity index (χ3n) is 5.58. The average molecular weight is 468 g/mol. The van der Waals surface area contributed by atoms with Gasteiger partial charge in [0.15, 0.2) is 0 Å². The number of rotatable bonds is 6. The van der Waals surface area contributed by atoms with Crippen LogP contribution in [-0.4, -0.2) is 23.9 Å². The summed E-state index contributed by atoms with van der Waals surface area (Å²) >= 11 is 0. The third kappa shape index (κ3) is 4.46. The first kappa shape index (κ1) is 21.6. The highest BCUT2D eigenvalue weighted by molar-refractivity contribution is 7.90. The van der Waals surface area contributed by atoms with Crippen molar-refractivity contribution < 1.29 is 13.2 Å². The lowest BCUT2D eigenvalue weighted by molar-refractivity contribution is 0.0981. The van der Waals surface area contributed by atoms with Gasteiger partial charge in [-0.15, -0.1) is 0 Å². The van der Waals surface area contributed by atoms with Crippen LogP contribution in [0.1, 0.15) is 15.9 Å². The molecule has 0 atom stereocenters. The quantitative estimate of drug-likeness (QED) is 0.386. The summed E-state index contributed by atoms with van der Waals surface area (Å²) in [4.78, 5) is 17.2. The van der Waals surface area contributed by atoms with Crippen LogP contribution in [0.2, 0.25) is 0 Å². The minimum Gasteiger partial charge on any atom is -0.326 e. The maximum absolute atomic E-state index is 12.7. The zero-order valence-electron chi connectivity index (χ0n) is 18.1. The molecule has 0 bridgehead atoms. The molecule has 0 aliphatic rings. The molecule has 0 saturated heterocycles. The van der Waals surface area contributed by atoms with Gasteiger partial charge in [0.2, 0.25) is 0 Å². The van der Waals surface area contributed by atoms with Crippen LogP contribution in [0.5, 0.6) is 0 Å². The Morgan fingerprint density at radius 3 is 2.15 bits per heavy atom. The first-order valence-electron chi connectivity index (χ1n) is 10.7. The Labute approximate surface area is 197 Å². The van der Waals surface area contributed by atoms with Crippen LogP contribution in [0.15, 0.2) is 114 Å². The second kappa shape index (κ2) is 8.96. The number of carbonyl (C=O) groups is 1. The minimum atomic E-state index is -3.96. The van der Waals surface area contributed by atoms with Crippen molar-refractivity contribution in [3.05, 3.63) is 121 Å². The van der Waals surface area contributed by atoms with Crippen molar-refractivity contribution in [1.82, 2.24) is 14.3 Å². The molecule has 5 rings (SSSR count). The van der Waals surface area contributed by atoms with Gasteiger partial charge in [0.25, 0.3) is 15.9 Å². The summed E-state index contributed by atoms with van der Waals surface area (Å²) in [5.74, 6) is -0.689. The number of sulfonamides is 1. The van der Waals surface area contributed by atoms with E-state index in [-0.39, 0.29) is 10.5 Å². The Bertz CT molecular complexity index is 1560. The number of benzene rings is 4. The van der Waals surface area contributed by atoms with Gasteiger partial charge in [0.05, 0.1) is 22.3 Å². The van der Waals surface area contributed by atoms with E-state index in [1.54, 1.807) is 42.7 Å². The molecule has 0 saturated carbocycles. The third-order valence-corrected chi connectivity index (χ3v) is 6.92. The molecule has 4 aromatic carbocycles. The summed E-state index contributed by atoms with van der Waals surface area (Å²) in [6, 6.07) is 31.2. The Morgan fingerprint density at radius 2 is 1.44 bits per heavy atom. The number of amides is 1. The molecule has 1 heterocycles. The Hall–Kier alpha value is -4.23. The number of carbonyl (C=O) groups excluding carboxylic acids is 1. The number of hydrogen-bond donors (Lipinski definition) is 1. The predicted octanol–water partition coefficient (Wildman–Crippen LogP) is 4.87. The van der Waals surface area contributed by atoms with E-state index < -0.39 is 15.9 Å². The highest BCUT2D eigenvalue weighted by Crippen LogP contribution is 2.21. The van der Waals surface area contributed by atoms with Crippen molar-refractivity contribution in [2.75, 3.05) is 0 Å². The van der Waals surface area contributed by atoms with Crippen LogP contribution in [0.4, 0.5) is 0 Å². The molecule has 0 radical (unpaired) electrons. The van der Waals surface area contributed by atoms with Crippen molar-refractivity contribution in [2.45, 2.75) is 11.4 Å². The van der Waals surface area contributed by atoms with Gasteiger partial charge in [-0.05, 0) is 47.0 Å². The van der Waals surface area contributed by atoms with Gasteiger partial charge in [-0.2, -0.15) is 0 Å². The summed E-state index contributed by atoms with van der Waals surface area (Å²) in [5.41, 5.74) is 5.09. The smallest absolute Gasteiger partial charge is 0.265 e. The van der Waals surface area contributed by atoms with E-state index in [0.29, 0.717) is 6.54 Å². The fraction of sp³-hybridized carbons (Fsp3) is 0.0370.